The first-order chi connectivity index (χ1) is 10.8. The summed E-state index contributed by atoms with van der Waals surface area (Å²) in [5.74, 6) is -0.0967. The Kier molecular flexibility index (Phi) is 2.67. The number of aromatic nitrogens is 3. The largest absolute Gasteiger partial charge is 0.462 e. The van der Waals surface area contributed by atoms with Crippen LogP contribution in [-0.4, -0.2) is 26.0 Å². The maximum absolute atomic E-state index is 10.4. The van der Waals surface area contributed by atoms with Crippen molar-refractivity contribution in [2.45, 2.75) is 0 Å². The third kappa shape index (κ3) is 1.76. The van der Waals surface area contributed by atoms with Crippen LogP contribution < -0.4 is 5.06 Å². The molecule has 0 aliphatic rings. The van der Waals surface area contributed by atoms with Crippen LogP contribution in [0.3, 0.4) is 0 Å². The smallest absolute Gasteiger partial charge is 0.178 e. The maximum Gasteiger partial charge on any atom is 0.178 e. The van der Waals surface area contributed by atoms with E-state index in [1.165, 1.54) is 6.33 Å². The molecule has 3 N–H and O–H groups in total. The molecule has 0 saturated heterocycles. The second-order valence-electron chi connectivity index (χ2n) is 4.74. The number of rotatable bonds is 2. The number of anilines is 1. The topological polar surface area (TPSA) is 102 Å². The average molecular weight is 293 g/mol. The third-order valence-corrected chi connectivity index (χ3v) is 3.48. The molecule has 0 aliphatic heterocycles. The van der Waals surface area contributed by atoms with Crippen molar-refractivity contribution < 1.29 is 9.62 Å². The fourth-order valence-corrected chi connectivity index (χ4v) is 2.42. The molecule has 0 bridgehead atoms. The van der Waals surface area contributed by atoms with Gasteiger partial charge in [0.25, 0.3) is 0 Å². The van der Waals surface area contributed by atoms with Crippen molar-refractivity contribution in [3.05, 3.63) is 54.7 Å². The molecule has 0 radical (unpaired) electrons. The summed E-state index contributed by atoms with van der Waals surface area (Å²) < 4.78 is 5.40. The maximum atomic E-state index is 10.4. The highest BCUT2D eigenvalue weighted by molar-refractivity contribution is 6.14. The minimum Gasteiger partial charge on any atom is -0.462 e. The summed E-state index contributed by atoms with van der Waals surface area (Å²) in [6.07, 6.45) is 4.60. The van der Waals surface area contributed by atoms with Gasteiger partial charge in [-0.05, 0) is 18.2 Å². The SMILES string of the molecule is N=C(c1ccnc2nc[nH]c12)N(O)c1cccc2ccoc12. The Labute approximate surface area is 124 Å². The highest BCUT2D eigenvalue weighted by Gasteiger charge is 2.19. The lowest BCUT2D eigenvalue weighted by molar-refractivity contribution is 0.312. The van der Waals surface area contributed by atoms with E-state index in [0.29, 0.717) is 28.0 Å². The van der Waals surface area contributed by atoms with Gasteiger partial charge in [0.05, 0.1) is 18.1 Å². The van der Waals surface area contributed by atoms with E-state index in [1.54, 1.807) is 36.7 Å². The summed E-state index contributed by atoms with van der Waals surface area (Å²) in [6, 6.07) is 8.80. The van der Waals surface area contributed by atoms with Gasteiger partial charge in [-0.25, -0.2) is 15.0 Å². The normalized spacial score (nSPS) is 11.1. The van der Waals surface area contributed by atoms with E-state index in [4.69, 9.17) is 9.83 Å². The van der Waals surface area contributed by atoms with Crippen LogP contribution in [0.4, 0.5) is 5.69 Å². The minimum absolute atomic E-state index is 0.0967. The van der Waals surface area contributed by atoms with E-state index in [0.717, 1.165) is 10.4 Å². The first-order valence-electron chi connectivity index (χ1n) is 6.58. The van der Waals surface area contributed by atoms with Crippen molar-refractivity contribution in [1.29, 1.82) is 5.41 Å². The zero-order valence-electron chi connectivity index (χ0n) is 11.3. The number of para-hydroxylation sites is 1. The molecule has 0 fully saturated rings. The number of nitrogens with zero attached hydrogens (tertiary/aromatic N) is 3. The Morgan fingerprint density at radius 2 is 2.14 bits per heavy atom. The van der Waals surface area contributed by atoms with E-state index in [1.807, 2.05) is 6.07 Å². The highest BCUT2D eigenvalue weighted by Crippen LogP contribution is 2.28. The molecule has 7 nitrogen and oxygen atoms in total. The number of hydrogen-bond donors (Lipinski definition) is 3. The van der Waals surface area contributed by atoms with Gasteiger partial charge in [-0.15, -0.1) is 0 Å². The molecule has 108 valence electrons. The second kappa shape index (κ2) is 4.68. The standard InChI is InChI=1S/C15H11N5O2/c16-14(10-4-6-17-15-12(10)18-8-19-15)20(21)11-3-1-2-9-5-7-22-13(9)11/h1-8,16,21H,(H,17,18,19). The van der Waals surface area contributed by atoms with Crippen LogP contribution in [0.1, 0.15) is 5.56 Å². The van der Waals surface area contributed by atoms with Crippen molar-refractivity contribution in [2.75, 3.05) is 5.06 Å². The Morgan fingerprint density at radius 3 is 3.05 bits per heavy atom. The van der Waals surface area contributed by atoms with Gasteiger partial charge in [-0.1, -0.05) is 12.1 Å². The molecule has 0 spiro atoms. The lowest BCUT2D eigenvalue weighted by Gasteiger charge is -2.18. The van der Waals surface area contributed by atoms with Gasteiger partial charge in [0.2, 0.25) is 0 Å². The number of aromatic amines is 1. The molecule has 7 heteroatoms. The van der Waals surface area contributed by atoms with Crippen molar-refractivity contribution >= 4 is 33.7 Å². The average Bonchev–Trinajstić information content (AvgIpc) is 3.21. The molecule has 3 aromatic heterocycles. The molecular weight excluding hydrogens is 282 g/mol. The van der Waals surface area contributed by atoms with Crippen molar-refractivity contribution in [2.24, 2.45) is 0 Å². The lowest BCUT2D eigenvalue weighted by atomic mass is 10.2. The third-order valence-electron chi connectivity index (χ3n) is 3.48. The number of benzene rings is 1. The number of furan rings is 1. The molecule has 3 heterocycles. The zero-order chi connectivity index (χ0) is 15.1. The van der Waals surface area contributed by atoms with E-state index in [9.17, 15) is 5.21 Å². The van der Waals surface area contributed by atoms with Gasteiger partial charge in [-0.2, -0.15) is 0 Å². The van der Waals surface area contributed by atoms with Crippen molar-refractivity contribution in [1.82, 2.24) is 15.0 Å². The monoisotopic (exact) mass is 293 g/mol. The van der Waals surface area contributed by atoms with Crippen molar-refractivity contribution in [3.63, 3.8) is 0 Å². The van der Waals surface area contributed by atoms with Gasteiger partial charge in [0.1, 0.15) is 5.69 Å². The van der Waals surface area contributed by atoms with E-state index >= 15 is 0 Å². The van der Waals surface area contributed by atoms with Crippen LogP contribution in [0.5, 0.6) is 0 Å². The molecule has 4 rings (SSSR count). The zero-order valence-corrected chi connectivity index (χ0v) is 11.3. The Bertz CT molecular complexity index is 988. The van der Waals surface area contributed by atoms with Crippen LogP contribution in [0.2, 0.25) is 0 Å². The fourth-order valence-electron chi connectivity index (χ4n) is 2.42. The summed E-state index contributed by atoms with van der Waals surface area (Å²) in [4.78, 5) is 11.1. The number of hydrogen-bond acceptors (Lipinski definition) is 5. The summed E-state index contributed by atoms with van der Waals surface area (Å²) in [6.45, 7) is 0. The number of H-pyrrole nitrogens is 1. The van der Waals surface area contributed by atoms with Crippen LogP contribution in [0.25, 0.3) is 22.1 Å². The molecule has 0 unspecified atom stereocenters. The van der Waals surface area contributed by atoms with Crippen LogP contribution in [0.15, 0.2) is 53.5 Å². The molecular formula is C15H11N5O2. The van der Waals surface area contributed by atoms with Crippen LogP contribution in [0, 0.1) is 5.41 Å². The minimum atomic E-state index is -0.0967. The number of imidazole rings is 1. The molecule has 4 aromatic rings. The molecule has 0 aliphatic carbocycles. The predicted molar refractivity (Wildman–Crippen MR) is 81.2 cm³/mol. The molecule has 0 saturated carbocycles. The quantitative estimate of drug-likeness (QED) is 0.299. The molecule has 22 heavy (non-hydrogen) atoms. The van der Waals surface area contributed by atoms with E-state index < -0.39 is 0 Å². The van der Waals surface area contributed by atoms with Gasteiger partial charge in [0, 0.05) is 17.1 Å². The Morgan fingerprint density at radius 1 is 1.23 bits per heavy atom. The first-order valence-corrected chi connectivity index (χ1v) is 6.58. The number of hydroxylamine groups is 1. The number of amidine groups is 1. The summed E-state index contributed by atoms with van der Waals surface area (Å²) in [7, 11) is 0. The summed E-state index contributed by atoms with van der Waals surface area (Å²) in [5.41, 5.74) is 2.50. The second-order valence-corrected chi connectivity index (χ2v) is 4.74. The Balaban J connectivity index is 1.82. The Hall–Kier alpha value is -3.19. The van der Waals surface area contributed by atoms with Crippen molar-refractivity contribution in [3.8, 4) is 0 Å². The lowest BCUT2D eigenvalue weighted by Crippen LogP contribution is -2.27. The molecule has 1 aromatic carbocycles. The number of nitrogens with one attached hydrogen (secondary N) is 2. The van der Waals surface area contributed by atoms with Gasteiger partial charge >= 0.3 is 0 Å². The predicted octanol–water partition coefficient (Wildman–Crippen LogP) is 2.93. The summed E-state index contributed by atoms with van der Waals surface area (Å²) >= 11 is 0. The summed E-state index contributed by atoms with van der Waals surface area (Å²) in [5, 5.41) is 20.4. The van der Waals surface area contributed by atoms with Gasteiger partial charge in [-0.3, -0.25) is 10.6 Å². The number of pyridine rings is 1. The van der Waals surface area contributed by atoms with Gasteiger partial charge in [0.15, 0.2) is 17.1 Å². The molecule has 0 amide bonds. The first kappa shape index (κ1) is 12.5. The fraction of sp³-hybridized carbons (Fsp3) is 0. The van der Waals surface area contributed by atoms with Gasteiger partial charge < -0.3 is 9.40 Å². The number of fused-ring (bicyclic) bond motifs is 2. The van der Waals surface area contributed by atoms with Crippen LogP contribution >= 0.6 is 0 Å². The molecule has 0 atom stereocenters. The van der Waals surface area contributed by atoms with Crippen LogP contribution in [-0.2, 0) is 0 Å². The van der Waals surface area contributed by atoms with E-state index in [-0.39, 0.29) is 5.84 Å². The van der Waals surface area contributed by atoms with E-state index in [2.05, 4.69) is 15.0 Å². The highest BCUT2D eigenvalue weighted by atomic mass is 16.5.